The van der Waals surface area contributed by atoms with Gasteiger partial charge in [-0.3, -0.25) is 0 Å². The van der Waals surface area contributed by atoms with Crippen molar-refractivity contribution in [3.8, 4) is 0 Å². The predicted octanol–water partition coefficient (Wildman–Crippen LogP) is -1.21. The molecule has 0 fully saturated rings. The average Bonchev–Trinajstić information content (AvgIpc) is 1.85. The quantitative estimate of drug-likeness (QED) is 0.542. The minimum atomic E-state index is -3.70. The lowest BCUT2D eigenvalue weighted by molar-refractivity contribution is -0.115. The molecule has 0 aliphatic heterocycles. The third kappa shape index (κ3) is 4.62. The van der Waals surface area contributed by atoms with Gasteiger partial charge in [0.25, 0.3) is 10.2 Å². The van der Waals surface area contributed by atoms with Crippen LogP contribution < -0.4 is 9.86 Å². The summed E-state index contributed by atoms with van der Waals surface area (Å²) in [6.45, 7) is 1.59. The van der Waals surface area contributed by atoms with Crippen LogP contribution in [0, 0.1) is 0 Å². The normalized spacial score (nSPS) is 15.1. The van der Waals surface area contributed by atoms with E-state index in [-0.39, 0.29) is 0 Å². The molecule has 74 valence electrons. The van der Waals surface area contributed by atoms with E-state index >= 15 is 0 Å². The molecule has 0 rings (SSSR count). The lowest BCUT2D eigenvalue weighted by atomic mass is 10.3. The first-order valence-corrected chi connectivity index (χ1v) is 4.81. The minimum Gasteiger partial charge on any atom is -0.354 e. The number of hydrogen-bond acceptors (Lipinski definition) is 4. The first-order valence-electron chi connectivity index (χ1n) is 3.26. The average molecular weight is 198 g/mol. The van der Waals surface area contributed by atoms with Crippen LogP contribution in [0.3, 0.4) is 0 Å². The van der Waals surface area contributed by atoms with Gasteiger partial charge in [-0.1, -0.05) is 0 Å². The molecular formula is C5H14N2O4S. The molecule has 0 radical (unpaired) electrons. The molecule has 0 saturated carbocycles. The van der Waals surface area contributed by atoms with Crippen molar-refractivity contribution in [3.63, 3.8) is 0 Å². The molecular weight excluding hydrogens is 184 g/mol. The molecule has 0 amide bonds. The second-order valence-electron chi connectivity index (χ2n) is 2.29. The molecule has 1 atom stereocenters. The molecule has 0 saturated heterocycles. The Bertz CT molecular complexity index is 211. The van der Waals surface area contributed by atoms with Crippen LogP contribution in [0.15, 0.2) is 0 Å². The highest BCUT2D eigenvalue weighted by atomic mass is 32.2. The van der Waals surface area contributed by atoms with Gasteiger partial charge in [0, 0.05) is 14.2 Å². The van der Waals surface area contributed by atoms with Crippen LogP contribution in [0.1, 0.15) is 6.92 Å². The van der Waals surface area contributed by atoms with Crippen LogP contribution in [0.4, 0.5) is 0 Å². The Morgan fingerprint density at radius 2 is 1.75 bits per heavy atom. The largest absolute Gasteiger partial charge is 0.354 e. The lowest BCUT2D eigenvalue weighted by Gasteiger charge is -2.20. The van der Waals surface area contributed by atoms with Gasteiger partial charge in [-0.25, -0.2) is 5.14 Å². The Kier molecular flexibility index (Phi) is 4.64. The first-order chi connectivity index (χ1) is 5.40. The molecule has 0 aromatic rings. The van der Waals surface area contributed by atoms with Gasteiger partial charge >= 0.3 is 0 Å². The van der Waals surface area contributed by atoms with E-state index in [9.17, 15) is 8.42 Å². The summed E-state index contributed by atoms with van der Waals surface area (Å²) in [6.07, 6.45) is -0.636. The summed E-state index contributed by atoms with van der Waals surface area (Å²) in [7, 11) is -0.874. The molecule has 0 aliphatic rings. The van der Waals surface area contributed by atoms with Crippen LogP contribution in [0.5, 0.6) is 0 Å². The van der Waals surface area contributed by atoms with Crippen LogP contribution in [0.2, 0.25) is 0 Å². The van der Waals surface area contributed by atoms with Gasteiger partial charge in [-0.05, 0) is 6.92 Å². The van der Waals surface area contributed by atoms with Crippen LogP contribution in [-0.2, 0) is 19.7 Å². The van der Waals surface area contributed by atoms with Gasteiger partial charge in [0.05, 0.1) is 6.04 Å². The van der Waals surface area contributed by atoms with Crippen molar-refractivity contribution in [2.45, 2.75) is 19.3 Å². The topological polar surface area (TPSA) is 90.7 Å². The Labute approximate surface area is 72.2 Å². The van der Waals surface area contributed by atoms with E-state index in [2.05, 4.69) is 4.72 Å². The van der Waals surface area contributed by atoms with Gasteiger partial charge in [-0.2, -0.15) is 13.1 Å². The van der Waals surface area contributed by atoms with Crippen molar-refractivity contribution < 1.29 is 17.9 Å². The van der Waals surface area contributed by atoms with Crippen molar-refractivity contribution in [1.82, 2.24) is 4.72 Å². The number of methoxy groups -OCH3 is 2. The smallest absolute Gasteiger partial charge is 0.274 e. The van der Waals surface area contributed by atoms with E-state index in [1.54, 1.807) is 6.92 Å². The number of nitrogens with one attached hydrogen (secondary N) is 1. The Morgan fingerprint density at radius 1 is 1.33 bits per heavy atom. The van der Waals surface area contributed by atoms with Crippen molar-refractivity contribution >= 4 is 10.2 Å². The van der Waals surface area contributed by atoms with E-state index in [4.69, 9.17) is 14.6 Å². The molecule has 1 unspecified atom stereocenters. The van der Waals surface area contributed by atoms with E-state index in [1.165, 1.54) is 14.2 Å². The molecule has 0 heterocycles. The van der Waals surface area contributed by atoms with Gasteiger partial charge in [0.2, 0.25) is 0 Å². The molecule has 0 aromatic carbocycles. The lowest BCUT2D eigenvalue weighted by Crippen LogP contribution is -2.45. The highest BCUT2D eigenvalue weighted by molar-refractivity contribution is 7.87. The number of ether oxygens (including phenoxy) is 2. The zero-order valence-corrected chi connectivity index (χ0v) is 8.09. The number of rotatable bonds is 5. The molecule has 7 heteroatoms. The molecule has 0 aliphatic carbocycles. The van der Waals surface area contributed by atoms with E-state index in [0.29, 0.717) is 0 Å². The molecule has 12 heavy (non-hydrogen) atoms. The summed E-state index contributed by atoms with van der Waals surface area (Å²) in [5, 5.41) is 4.73. The highest BCUT2D eigenvalue weighted by Crippen LogP contribution is 1.98. The molecule has 0 bridgehead atoms. The maximum absolute atomic E-state index is 10.5. The van der Waals surface area contributed by atoms with Gasteiger partial charge in [-0.15, -0.1) is 0 Å². The maximum atomic E-state index is 10.5. The number of nitrogens with two attached hydrogens (primary N) is 1. The summed E-state index contributed by atoms with van der Waals surface area (Å²) in [6, 6.07) is -0.519. The third-order valence-corrected chi connectivity index (χ3v) is 1.92. The summed E-state index contributed by atoms with van der Waals surface area (Å²) < 4.78 is 32.8. The fourth-order valence-electron chi connectivity index (χ4n) is 0.819. The minimum absolute atomic E-state index is 0.519. The standard InChI is InChI=1S/C5H14N2O4S/c1-4(5(10-2)11-3)7-12(6,8)9/h4-5,7H,1-3H3,(H2,6,8,9). The second kappa shape index (κ2) is 4.73. The van der Waals surface area contributed by atoms with Crippen molar-refractivity contribution in [3.05, 3.63) is 0 Å². The van der Waals surface area contributed by atoms with Gasteiger partial charge in [0.1, 0.15) is 0 Å². The number of hydrogen-bond donors (Lipinski definition) is 2. The van der Waals surface area contributed by atoms with E-state index in [1.807, 2.05) is 0 Å². The van der Waals surface area contributed by atoms with Crippen molar-refractivity contribution in [2.24, 2.45) is 5.14 Å². The highest BCUT2D eigenvalue weighted by Gasteiger charge is 2.19. The predicted molar refractivity (Wildman–Crippen MR) is 43.5 cm³/mol. The molecule has 0 spiro atoms. The maximum Gasteiger partial charge on any atom is 0.274 e. The van der Waals surface area contributed by atoms with Crippen LogP contribution in [-0.4, -0.2) is 35.0 Å². The van der Waals surface area contributed by atoms with E-state index < -0.39 is 22.5 Å². The fourth-order valence-corrected chi connectivity index (χ4v) is 1.45. The second-order valence-corrected chi connectivity index (χ2v) is 3.62. The van der Waals surface area contributed by atoms with Crippen LogP contribution in [0.25, 0.3) is 0 Å². The van der Waals surface area contributed by atoms with Crippen molar-refractivity contribution in [1.29, 1.82) is 0 Å². The SMILES string of the molecule is COC(OC)C(C)NS(N)(=O)=O. The third-order valence-electron chi connectivity index (χ3n) is 1.22. The van der Waals surface area contributed by atoms with Gasteiger partial charge < -0.3 is 9.47 Å². The molecule has 0 aromatic heterocycles. The van der Waals surface area contributed by atoms with Crippen LogP contribution >= 0.6 is 0 Å². The fraction of sp³-hybridized carbons (Fsp3) is 1.00. The molecule has 3 N–H and O–H groups in total. The monoisotopic (exact) mass is 198 g/mol. The van der Waals surface area contributed by atoms with E-state index in [0.717, 1.165) is 0 Å². The zero-order chi connectivity index (χ0) is 9.78. The Hall–Kier alpha value is -0.210. The summed E-state index contributed by atoms with van der Waals surface area (Å²) in [4.78, 5) is 0. The summed E-state index contributed by atoms with van der Waals surface area (Å²) >= 11 is 0. The zero-order valence-electron chi connectivity index (χ0n) is 7.27. The summed E-state index contributed by atoms with van der Waals surface area (Å²) in [5.74, 6) is 0. The first kappa shape index (κ1) is 11.8. The summed E-state index contributed by atoms with van der Waals surface area (Å²) in [5.41, 5.74) is 0. The van der Waals surface area contributed by atoms with Crippen molar-refractivity contribution in [2.75, 3.05) is 14.2 Å². The molecule has 6 nitrogen and oxygen atoms in total. The Morgan fingerprint density at radius 3 is 2.00 bits per heavy atom. The Balaban J connectivity index is 4.10. The van der Waals surface area contributed by atoms with Gasteiger partial charge in [0.15, 0.2) is 6.29 Å².